The second kappa shape index (κ2) is 5.30. The minimum Gasteiger partial charge on any atom is -0.506 e. The Kier molecular flexibility index (Phi) is 3.35. The highest BCUT2D eigenvalue weighted by atomic mass is 35.5. The lowest BCUT2D eigenvalue weighted by Gasteiger charge is -1.97. The molecule has 3 rings (SSSR count). The molecule has 0 fully saturated rings. The molecule has 0 aliphatic carbocycles. The van der Waals surface area contributed by atoms with Crippen LogP contribution >= 0.6 is 11.6 Å². The zero-order valence-corrected chi connectivity index (χ0v) is 11.1. The molecule has 2 aromatic heterocycles. The van der Waals surface area contributed by atoms with Crippen molar-refractivity contribution in [2.24, 2.45) is 0 Å². The number of aromatic hydroxyl groups is 1. The van der Waals surface area contributed by atoms with Crippen molar-refractivity contribution in [2.45, 2.75) is 6.42 Å². The van der Waals surface area contributed by atoms with E-state index in [0.29, 0.717) is 23.7 Å². The lowest BCUT2D eigenvalue weighted by molar-refractivity contribution is 0.423. The minimum absolute atomic E-state index is 0.0173. The van der Waals surface area contributed by atoms with Crippen molar-refractivity contribution in [2.75, 3.05) is 0 Å². The molecule has 1 N–H and O–H groups in total. The summed E-state index contributed by atoms with van der Waals surface area (Å²) in [4.78, 5) is 8.49. The van der Waals surface area contributed by atoms with Crippen molar-refractivity contribution in [3.8, 4) is 17.2 Å². The first-order valence-corrected chi connectivity index (χ1v) is 6.31. The van der Waals surface area contributed by atoms with E-state index in [1.54, 1.807) is 18.3 Å². The fourth-order valence-corrected chi connectivity index (χ4v) is 1.93. The van der Waals surface area contributed by atoms with Gasteiger partial charge in [0, 0.05) is 17.5 Å². The van der Waals surface area contributed by atoms with Crippen LogP contribution in [0.1, 0.15) is 11.5 Å². The highest BCUT2D eigenvalue weighted by Gasteiger charge is 2.11. The van der Waals surface area contributed by atoms with Crippen molar-refractivity contribution < 1.29 is 9.63 Å². The van der Waals surface area contributed by atoms with E-state index in [4.69, 9.17) is 16.1 Å². The number of hydrogen-bond acceptors (Lipinski definition) is 5. The summed E-state index contributed by atoms with van der Waals surface area (Å²) in [5.74, 6) is 0.921. The molecule has 0 aliphatic rings. The Hall–Kier alpha value is -2.40. The summed E-state index contributed by atoms with van der Waals surface area (Å²) in [6, 6.07) is 10.4. The zero-order chi connectivity index (χ0) is 13.9. The molecule has 0 atom stereocenters. The molecule has 0 spiro atoms. The maximum atomic E-state index is 9.38. The molecule has 0 unspecified atom stereocenters. The zero-order valence-electron chi connectivity index (χ0n) is 10.3. The first-order chi connectivity index (χ1) is 9.72. The number of halogens is 1. The average molecular weight is 288 g/mol. The van der Waals surface area contributed by atoms with Crippen LogP contribution in [-0.2, 0) is 6.42 Å². The molecule has 5 nitrogen and oxygen atoms in total. The maximum Gasteiger partial charge on any atom is 0.257 e. The molecule has 6 heteroatoms. The molecule has 1 aromatic carbocycles. The SMILES string of the molecule is Oc1ccc(-c2nc(Cc3ccccn3)no2)cc1Cl. The monoisotopic (exact) mass is 287 g/mol. The topological polar surface area (TPSA) is 72.0 Å². The summed E-state index contributed by atoms with van der Waals surface area (Å²) < 4.78 is 5.19. The highest BCUT2D eigenvalue weighted by Crippen LogP contribution is 2.28. The summed E-state index contributed by atoms with van der Waals surface area (Å²) in [6.45, 7) is 0. The van der Waals surface area contributed by atoms with Crippen LogP contribution in [0.5, 0.6) is 5.75 Å². The number of benzene rings is 1. The summed E-state index contributed by atoms with van der Waals surface area (Å²) in [5, 5.41) is 13.5. The van der Waals surface area contributed by atoms with Crippen molar-refractivity contribution in [1.82, 2.24) is 15.1 Å². The first kappa shape index (κ1) is 12.6. The average Bonchev–Trinajstić information content (AvgIpc) is 2.91. The lowest BCUT2D eigenvalue weighted by atomic mass is 10.2. The van der Waals surface area contributed by atoms with Crippen LogP contribution in [0, 0.1) is 0 Å². The number of aromatic nitrogens is 3. The summed E-state index contributed by atoms with van der Waals surface area (Å²) >= 11 is 5.85. The second-order valence-corrected chi connectivity index (χ2v) is 4.59. The number of nitrogens with zero attached hydrogens (tertiary/aromatic N) is 3. The van der Waals surface area contributed by atoms with E-state index in [9.17, 15) is 5.11 Å². The lowest BCUT2D eigenvalue weighted by Crippen LogP contribution is -1.93. The van der Waals surface area contributed by atoms with Gasteiger partial charge in [-0.15, -0.1) is 0 Å². The number of phenolic OH excluding ortho intramolecular Hbond substituents is 1. The van der Waals surface area contributed by atoms with Gasteiger partial charge in [-0.3, -0.25) is 4.98 Å². The van der Waals surface area contributed by atoms with E-state index in [2.05, 4.69) is 15.1 Å². The standard InChI is InChI=1S/C14H10ClN3O2/c15-11-7-9(4-5-12(11)19)14-17-13(18-20-14)8-10-3-1-2-6-16-10/h1-7,19H,8H2. The Morgan fingerprint density at radius 3 is 2.85 bits per heavy atom. The van der Waals surface area contributed by atoms with Gasteiger partial charge in [0.15, 0.2) is 5.82 Å². The molecule has 100 valence electrons. The Bertz CT molecular complexity index is 728. The van der Waals surface area contributed by atoms with Gasteiger partial charge >= 0.3 is 0 Å². The van der Waals surface area contributed by atoms with Gasteiger partial charge in [0.25, 0.3) is 5.89 Å². The summed E-state index contributed by atoms with van der Waals surface area (Å²) in [7, 11) is 0. The van der Waals surface area contributed by atoms with Gasteiger partial charge in [-0.2, -0.15) is 4.98 Å². The highest BCUT2D eigenvalue weighted by molar-refractivity contribution is 6.32. The normalized spacial score (nSPS) is 10.7. The van der Waals surface area contributed by atoms with Gasteiger partial charge in [-0.1, -0.05) is 22.8 Å². The van der Waals surface area contributed by atoms with E-state index in [1.165, 1.54) is 6.07 Å². The Morgan fingerprint density at radius 2 is 2.10 bits per heavy atom. The fraction of sp³-hybridized carbons (Fsp3) is 0.0714. The van der Waals surface area contributed by atoms with Crippen LogP contribution < -0.4 is 0 Å². The molecule has 2 heterocycles. The molecule has 0 saturated carbocycles. The van der Waals surface area contributed by atoms with Crippen LogP contribution in [0.25, 0.3) is 11.5 Å². The molecule has 0 bridgehead atoms. The maximum absolute atomic E-state index is 9.38. The Labute approximate surface area is 119 Å². The molecule has 0 saturated heterocycles. The van der Waals surface area contributed by atoms with Crippen molar-refractivity contribution in [3.05, 3.63) is 59.1 Å². The quantitative estimate of drug-likeness (QED) is 0.801. The van der Waals surface area contributed by atoms with E-state index < -0.39 is 0 Å². The number of phenols is 1. The van der Waals surface area contributed by atoms with Crippen LogP contribution in [0.4, 0.5) is 0 Å². The number of hydrogen-bond donors (Lipinski definition) is 1. The molecular formula is C14H10ClN3O2. The number of rotatable bonds is 3. The molecule has 0 radical (unpaired) electrons. The van der Waals surface area contributed by atoms with E-state index in [-0.39, 0.29) is 10.8 Å². The molecule has 0 amide bonds. The van der Waals surface area contributed by atoms with Crippen LogP contribution in [-0.4, -0.2) is 20.2 Å². The fourth-order valence-electron chi connectivity index (χ4n) is 1.75. The summed E-state index contributed by atoms with van der Waals surface area (Å²) in [6.07, 6.45) is 2.21. The van der Waals surface area contributed by atoms with Gasteiger partial charge in [0.2, 0.25) is 0 Å². The molecule has 3 aromatic rings. The van der Waals surface area contributed by atoms with Crippen LogP contribution in [0.3, 0.4) is 0 Å². The predicted molar refractivity (Wildman–Crippen MR) is 73.5 cm³/mol. The minimum atomic E-state index is 0.0173. The smallest absolute Gasteiger partial charge is 0.257 e. The third kappa shape index (κ3) is 2.62. The largest absolute Gasteiger partial charge is 0.506 e. The van der Waals surface area contributed by atoms with Gasteiger partial charge < -0.3 is 9.63 Å². The molecule has 0 aliphatic heterocycles. The molecule has 20 heavy (non-hydrogen) atoms. The first-order valence-electron chi connectivity index (χ1n) is 5.94. The molecular weight excluding hydrogens is 278 g/mol. The van der Waals surface area contributed by atoms with Crippen LogP contribution in [0.2, 0.25) is 5.02 Å². The van der Waals surface area contributed by atoms with Gasteiger partial charge in [-0.05, 0) is 30.3 Å². The van der Waals surface area contributed by atoms with Gasteiger partial charge in [0.1, 0.15) is 5.75 Å². The second-order valence-electron chi connectivity index (χ2n) is 4.18. The van der Waals surface area contributed by atoms with E-state index in [1.807, 2.05) is 18.2 Å². The third-order valence-electron chi connectivity index (χ3n) is 2.73. The van der Waals surface area contributed by atoms with Gasteiger partial charge in [0.05, 0.1) is 11.4 Å². The Balaban J connectivity index is 1.84. The Morgan fingerprint density at radius 1 is 1.20 bits per heavy atom. The summed E-state index contributed by atoms with van der Waals surface area (Å²) in [5.41, 5.74) is 1.52. The van der Waals surface area contributed by atoms with E-state index in [0.717, 1.165) is 5.69 Å². The van der Waals surface area contributed by atoms with Gasteiger partial charge in [-0.25, -0.2) is 0 Å². The van der Waals surface area contributed by atoms with Crippen molar-refractivity contribution in [3.63, 3.8) is 0 Å². The third-order valence-corrected chi connectivity index (χ3v) is 3.03. The van der Waals surface area contributed by atoms with Crippen molar-refractivity contribution >= 4 is 11.6 Å². The van der Waals surface area contributed by atoms with Crippen LogP contribution in [0.15, 0.2) is 47.1 Å². The van der Waals surface area contributed by atoms with Crippen molar-refractivity contribution in [1.29, 1.82) is 0 Å². The number of pyridine rings is 1. The predicted octanol–water partition coefficient (Wildman–Crippen LogP) is 3.08. The van der Waals surface area contributed by atoms with E-state index >= 15 is 0 Å².